The summed E-state index contributed by atoms with van der Waals surface area (Å²) in [6.07, 6.45) is 14.3. The zero-order chi connectivity index (χ0) is 22.4. The van der Waals surface area contributed by atoms with E-state index in [0.717, 1.165) is 36.8 Å². The number of carbonyl (C=O) groups is 1. The zero-order valence-electron chi connectivity index (χ0n) is 19.8. The molecule has 0 saturated heterocycles. The molecule has 0 aromatic carbocycles. The fourth-order valence-electron chi connectivity index (χ4n) is 8.57. The molecule has 0 bridgehead atoms. The van der Waals surface area contributed by atoms with E-state index in [2.05, 4.69) is 39.8 Å². The maximum atomic E-state index is 12.5. The Balaban J connectivity index is 1.64. The highest BCUT2D eigenvalue weighted by atomic mass is 16.3. The lowest BCUT2D eigenvalue weighted by Gasteiger charge is -2.69. The Labute approximate surface area is 187 Å². The second-order valence-corrected chi connectivity index (χ2v) is 12.2. The van der Waals surface area contributed by atoms with Gasteiger partial charge in [-0.15, -0.1) is 0 Å². The predicted molar refractivity (Wildman–Crippen MR) is 123 cm³/mol. The van der Waals surface area contributed by atoms with E-state index >= 15 is 0 Å². The van der Waals surface area contributed by atoms with Gasteiger partial charge in [0, 0.05) is 17.6 Å². The maximum Gasteiger partial charge on any atom is 0.220 e. The minimum atomic E-state index is -0.250. The largest absolute Gasteiger partial charge is 0.504 e. The van der Waals surface area contributed by atoms with E-state index in [1.165, 1.54) is 24.8 Å². The summed E-state index contributed by atoms with van der Waals surface area (Å²) in [6.45, 7) is 12.0. The third-order valence-electron chi connectivity index (χ3n) is 10.9. The van der Waals surface area contributed by atoms with Crippen LogP contribution in [-0.2, 0) is 4.79 Å². The zero-order valence-corrected chi connectivity index (χ0v) is 19.8. The molecule has 168 valence electrons. The Morgan fingerprint density at radius 3 is 2.48 bits per heavy atom. The minimum Gasteiger partial charge on any atom is -0.504 e. The van der Waals surface area contributed by atoms with E-state index in [1.54, 1.807) is 6.08 Å². The van der Waals surface area contributed by atoms with Crippen LogP contribution in [0, 0.1) is 33.5 Å². The summed E-state index contributed by atoms with van der Waals surface area (Å²) in [6, 6.07) is 0. The van der Waals surface area contributed by atoms with Crippen LogP contribution in [0.3, 0.4) is 0 Å². The predicted octanol–water partition coefficient (Wildman–Crippen LogP) is 6.22. The van der Waals surface area contributed by atoms with Gasteiger partial charge in [-0.25, -0.2) is 0 Å². The van der Waals surface area contributed by atoms with Gasteiger partial charge >= 0.3 is 0 Å². The molecule has 1 unspecified atom stereocenters. The molecule has 0 aromatic rings. The summed E-state index contributed by atoms with van der Waals surface area (Å²) >= 11 is 0. The number of allylic oxidation sites excluding steroid dienone is 7. The normalized spacial score (nSPS) is 46.8. The molecule has 3 saturated carbocycles. The van der Waals surface area contributed by atoms with Gasteiger partial charge in [-0.3, -0.25) is 4.79 Å². The molecule has 3 heteroatoms. The summed E-state index contributed by atoms with van der Waals surface area (Å²) in [4.78, 5) is 12.5. The number of hydrogen-bond acceptors (Lipinski definition) is 3. The van der Waals surface area contributed by atoms with E-state index < -0.39 is 0 Å². The van der Waals surface area contributed by atoms with Crippen LogP contribution < -0.4 is 0 Å². The summed E-state index contributed by atoms with van der Waals surface area (Å²) in [7, 11) is 0. The fourth-order valence-corrected chi connectivity index (χ4v) is 8.57. The first-order valence-electron chi connectivity index (χ1n) is 12.2. The first kappa shape index (κ1) is 21.2. The standard InChI is InChI=1S/C28H38O3/c1-17-19-6-7-22-26(3,20(19)15-21(30)24(17)31)11-13-28(5)23-14-18(16-29)8-9-25(23,2)10-12-27(22,28)4/h6-7,15,18,23,29,31H,8-14,16H2,1-5H3/t18-,23?,25+,26-,27+,28-/m0/s1. The summed E-state index contributed by atoms with van der Waals surface area (Å²) < 4.78 is 0. The number of fused-ring (bicyclic) bond motifs is 7. The van der Waals surface area contributed by atoms with Crippen molar-refractivity contribution < 1.29 is 15.0 Å². The van der Waals surface area contributed by atoms with Crippen LogP contribution in [0.2, 0.25) is 0 Å². The fraction of sp³-hybridized carbons (Fsp3) is 0.679. The van der Waals surface area contributed by atoms with Gasteiger partial charge in [-0.2, -0.15) is 0 Å². The van der Waals surface area contributed by atoms with Crippen molar-refractivity contribution in [1.29, 1.82) is 0 Å². The van der Waals surface area contributed by atoms with Crippen molar-refractivity contribution in [1.82, 2.24) is 0 Å². The molecule has 5 rings (SSSR count). The number of hydrogen-bond donors (Lipinski definition) is 2. The van der Waals surface area contributed by atoms with Gasteiger partial charge in [0.1, 0.15) is 0 Å². The van der Waals surface area contributed by atoms with Crippen LogP contribution >= 0.6 is 0 Å². The second-order valence-electron chi connectivity index (χ2n) is 12.2. The Hall–Kier alpha value is -1.61. The Kier molecular flexibility index (Phi) is 4.43. The molecule has 5 aliphatic rings. The van der Waals surface area contributed by atoms with Crippen LogP contribution in [0.5, 0.6) is 0 Å². The maximum absolute atomic E-state index is 12.5. The van der Waals surface area contributed by atoms with E-state index in [0.29, 0.717) is 29.4 Å². The third-order valence-corrected chi connectivity index (χ3v) is 10.9. The van der Waals surface area contributed by atoms with Crippen LogP contribution in [0.25, 0.3) is 0 Å². The summed E-state index contributed by atoms with van der Waals surface area (Å²) in [5, 5.41) is 20.2. The quantitative estimate of drug-likeness (QED) is 0.528. The highest BCUT2D eigenvalue weighted by Gasteiger charge is 2.65. The SMILES string of the molecule is CC1=C(O)C(=O)C=C2C1=CC=C1[C@@]2(C)CC[C@@]2(C)C3C[C@@H](CO)CC[C@]3(C)CC[C@]12C. The summed E-state index contributed by atoms with van der Waals surface area (Å²) in [5.74, 6) is 0.702. The highest BCUT2D eigenvalue weighted by molar-refractivity contribution is 6.06. The molecule has 5 aliphatic carbocycles. The van der Waals surface area contributed by atoms with Crippen molar-refractivity contribution in [3.05, 3.63) is 46.3 Å². The molecular weight excluding hydrogens is 384 g/mol. The van der Waals surface area contributed by atoms with Crippen molar-refractivity contribution >= 4 is 5.78 Å². The highest BCUT2D eigenvalue weighted by Crippen LogP contribution is 2.74. The Bertz CT molecular complexity index is 980. The van der Waals surface area contributed by atoms with Crippen molar-refractivity contribution in [3.63, 3.8) is 0 Å². The van der Waals surface area contributed by atoms with Crippen LogP contribution in [0.4, 0.5) is 0 Å². The first-order chi connectivity index (χ1) is 14.5. The topological polar surface area (TPSA) is 57.5 Å². The smallest absolute Gasteiger partial charge is 0.220 e. The van der Waals surface area contributed by atoms with Gasteiger partial charge in [0.2, 0.25) is 5.78 Å². The van der Waals surface area contributed by atoms with Gasteiger partial charge in [0.25, 0.3) is 0 Å². The third kappa shape index (κ3) is 2.53. The lowest BCUT2D eigenvalue weighted by molar-refractivity contribution is -0.151. The summed E-state index contributed by atoms with van der Waals surface area (Å²) in [5.41, 5.74) is 4.82. The molecule has 0 heterocycles. The monoisotopic (exact) mass is 422 g/mol. The van der Waals surface area contributed by atoms with E-state index in [4.69, 9.17) is 0 Å². The van der Waals surface area contributed by atoms with Crippen molar-refractivity contribution in [3.8, 4) is 0 Å². The molecule has 6 atom stereocenters. The average Bonchev–Trinajstić information content (AvgIpc) is 2.74. The van der Waals surface area contributed by atoms with Crippen LogP contribution in [0.15, 0.2) is 46.3 Å². The molecule has 0 amide bonds. The Morgan fingerprint density at radius 1 is 1.03 bits per heavy atom. The van der Waals surface area contributed by atoms with Gasteiger partial charge < -0.3 is 10.2 Å². The molecule has 0 aliphatic heterocycles. The second kappa shape index (κ2) is 6.47. The molecule has 3 nitrogen and oxygen atoms in total. The number of rotatable bonds is 1. The average molecular weight is 423 g/mol. The lowest BCUT2D eigenvalue weighted by atomic mass is 9.35. The molecule has 0 spiro atoms. The van der Waals surface area contributed by atoms with Gasteiger partial charge in [-0.1, -0.05) is 45.4 Å². The number of aliphatic hydroxyl groups is 2. The van der Waals surface area contributed by atoms with Crippen LogP contribution in [0.1, 0.15) is 79.6 Å². The number of carbonyl (C=O) groups excluding carboxylic acids is 1. The molecule has 31 heavy (non-hydrogen) atoms. The number of ketones is 1. The molecule has 2 N–H and O–H groups in total. The van der Waals surface area contributed by atoms with Crippen molar-refractivity contribution in [2.24, 2.45) is 33.5 Å². The molecular formula is C28H38O3. The molecule has 0 radical (unpaired) electrons. The molecule has 0 aromatic heterocycles. The van der Waals surface area contributed by atoms with Crippen molar-refractivity contribution in [2.45, 2.75) is 79.6 Å². The van der Waals surface area contributed by atoms with E-state index in [9.17, 15) is 15.0 Å². The lowest BCUT2D eigenvalue weighted by Crippen LogP contribution is -2.61. The van der Waals surface area contributed by atoms with E-state index in [1.807, 2.05) is 6.92 Å². The van der Waals surface area contributed by atoms with Gasteiger partial charge in [-0.05, 0) is 97.2 Å². The van der Waals surface area contributed by atoms with E-state index in [-0.39, 0.29) is 27.8 Å². The van der Waals surface area contributed by atoms with Gasteiger partial charge in [0.15, 0.2) is 5.76 Å². The number of aliphatic hydroxyl groups excluding tert-OH is 2. The minimum absolute atomic E-state index is 0.0740. The Morgan fingerprint density at radius 2 is 1.77 bits per heavy atom. The van der Waals surface area contributed by atoms with Gasteiger partial charge in [0.05, 0.1) is 0 Å². The molecule has 3 fully saturated rings. The van der Waals surface area contributed by atoms with Crippen LogP contribution in [-0.4, -0.2) is 22.6 Å². The van der Waals surface area contributed by atoms with Crippen molar-refractivity contribution in [2.75, 3.05) is 6.61 Å². The first-order valence-corrected chi connectivity index (χ1v) is 12.2.